The fourth-order valence-corrected chi connectivity index (χ4v) is 2.05. The number of carbonyl (C=O) groups excluding carboxylic acids is 2. The molecule has 1 aromatic rings. The van der Waals surface area contributed by atoms with Crippen molar-refractivity contribution in [2.75, 3.05) is 32.1 Å². The number of nitrogens with one attached hydrogen (secondary N) is 1. The Morgan fingerprint density at radius 3 is 2.65 bits per heavy atom. The number of hydrogen-bond acceptors (Lipinski definition) is 6. The third kappa shape index (κ3) is 3.66. The van der Waals surface area contributed by atoms with Gasteiger partial charge in [0.05, 0.1) is 19.5 Å². The molecule has 2 heterocycles. The van der Waals surface area contributed by atoms with Crippen molar-refractivity contribution >= 4 is 17.7 Å². The number of nitrogens with zero attached hydrogens (tertiary/aromatic N) is 3. The lowest BCUT2D eigenvalue weighted by Gasteiger charge is -2.15. The largest absolute Gasteiger partial charge is 0.464 e. The zero-order chi connectivity index (χ0) is 14.4. The van der Waals surface area contributed by atoms with E-state index in [0.29, 0.717) is 18.8 Å². The van der Waals surface area contributed by atoms with Crippen LogP contribution in [0.3, 0.4) is 0 Å². The van der Waals surface area contributed by atoms with Crippen LogP contribution in [0.4, 0.5) is 5.82 Å². The molecular weight excluding hydrogens is 260 g/mol. The number of rotatable bonds is 5. The molecule has 1 amide bonds. The van der Waals surface area contributed by atoms with Crippen molar-refractivity contribution in [1.82, 2.24) is 14.9 Å². The van der Waals surface area contributed by atoms with Crippen LogP contribution in [-0.2, 0) is 9.53 Å². The second-order valence-electron chi connectivity index (χ2n) is 4.54. The number of esters is 1. The van der Waals surface area contributed by atoms with Crippen LogP contribution in [0, 0.1) is 0 Å². The fourth-order valence-electron chi connectivity index (χ4n) is 2.05. The van der Waals surface area contributed by atoms with E-state index < -0.39 is 5.97 Å². The van der Waals surface area contributed by atoms with Gasteiger partial charge in [-0.2, -0.15) is 0 Å². The highest BCUT2D eigenvalue weighted by Gasteiger charge is 2.17. The Hall–Kier alpha value is -2.18. The second kappa shape index (κ2) is 6.83. The minimum Gasteiger partial charge on any atom is -0.464 e. The van der Waals surface area contributed by atoms with Crippen LogP contribution < -0.4 is 5.32 Å². The van der Waals surface area contributed by atoms with Gasteiger partial charge < -0.3 is 15.0 Å². The van der Waals surface area contributed by atoms with Gasteiger partial charge >= 0.3 is 5.97 Å². The first kappa shape index (κ1) is 14.2. The molecule has 1 fully saturated rings. The van der Waals surface area contributed by atoms with Crippen molar-refractivity contribution in [2.45, 2.75) is 19.3 Å². The van der Waals surface area contributed by atoms with Crippen LogP contribution >= 0.6 is 0 Å². The Balaban J connectivity index is 1.76. The minimum atomic E-state index is -0.520. The average Bonchev–Trinajstić information content (AvgIpc) is 3.01. The van der Waals surface area contributed by atoms with Gasteiger partial charge in [0.25, 0.3) is 0 Å². The molecule has 0 spiro atoms. The van der Waals surface area contributed by atoms with Gasteiger partial charge in [-0.05, 0) is 12.8 Å². The van der Waals surface area contributed by atoms with Gasteiger partial charge in [0.1, 0.15) is 5.82 Å². The molecular formula is C13H18N4O3. The fraction of sp³-hybridized carbons (Fsp3) is 0.538. The maximum Gasteiger partial charge on any atom is 0.358 e. The van der Waals surface area contributed by atoms with E-state index in [1.807, 2.05) is 4.90 Å². The van der Waals surface area contributed by atoms with Crippen LogP contribution in [0.2, 0.25) is 0 Å². The van der Waals surface area contributed by atoms with E-state index in [1.54, 1.807) is 0 Å². The predicted octanol–water partition coefficient (Wildman–Crippen LogP) is 0.688. The number of aromatic nitrogens is 2. The first-order valence-corrected chi connectivity index (χ1v) is 6.62. The van der Waals surface area contributed by atoms with E-state index in [9.17, 15) is 9.59 Å². The Kier molecular flexibility index (Phi) is 4.86. The molecule has 7 heteroatoms. The van der Waals surface area contributed by atoms with Crippen molar-refractivity contribution in [3.63, 3.8) is 0 Å². The summed E-state index contributed by atoms with van der Waals surface area (Å²) in [6, 6.07) is 0. The van der Waals surface area contributed by atoms with E-state index in [-0.39, 0.29) is 11.6 Å². The maximum absolute atomic E-state index is 11.8. The minimum absolute atomic E-state index is 0.159. The van der Waals surface area contributed by atoms with Crippen LogP contribution in [0.25, 0.3) is 0 Å². The maximum atomic E-state index is 11.8. The normalized spacial score (nSPS) is 14.2. The smallest absolute Gasteiger partial charge is 0.358 e. The van der Waals surface area contributed by atoms with Gasteiger partial charge in [-0.1, -0.05) is 0 Å². The molecule has 2 rings (SSSR count). The molecule has 0 atom stereocenters. The third-order valence-corrected chi connectivity index (χ3v) is 3.15. The highest BCUT2D eigenvalue weighted by atomic mass is 16.5. The molecule has 0 radical (unpaired) electrons. The summed E-state index contributed by atoms with van der Waals surface area (Å²) >= 11 is 0. The second-order valence-corrected chi connectivity index (χ2v) is 4.54. The van der Waals surface area contributed by atoms with Crippen molar-refractivity contribution in [2.24, 2.45) is 0 Å². The van der Waals surface area contributed by atoms with Gasteiger partial charge in [-0.25, -0.2) is 14.8 Å². The molecule has 1 aliphatic rings. The SMILES string of the molecule is COC(=O)c1cnc(NCCC(=O)N2CCCC2)cn1. The van der Waals surface area contributed by atoms with E-state index in [0.717, 1.165) is 25.9 Å². The van der Waals surface area contributed by atoms with Crippen LogP contribution in [0.5, 0.6) is 0 Å². The molecule has 108 valence electrons. The summed E-state index contributed by atoms with van der Waals surface area (Å²) < 4.78 is 4.53. The topological polar surface area (TPSA) is 84.4 Å². The van der Waals surface area contributed by atoms with Crippen LogP contribution in [0.15, 0.2) is 12.4 Å². The number of ether oxygens (including phenoxy) is 1. The Bertz CT molecular complexity index is 469. The van der Waals surface area contributed by atoms with E-state index in [1.165, 1.54) is 19.5 Å². The third-order valence-electron chi connectivity index (χ3n) is 3.15. The summed E-state index contributed by atoms with van der Waals surface area (Å²) in [5.74, 6) is 0.175. The number of amides is 1. The van der Waals surface area contributed by atoms with Gasteiger partial charge in [0, 0.05) is 26.1 Å². The zero-order valence-corrected chi connectivity index (χ0v) is 11.5. The number of carbonyl (C=O) groups is 2. The lowest BCUT2D eigenvalue weighted by Crippen LogP contribution is -2.29. The van der Waals surface area contributed by atoms with Crippen molar-refractivity contribution < 1.29 is 14.3 Å². The Labute approximate surface area is 117 Å². The molecule has 1 saturated heterocycles. The van der Waals surface area contributed by atoms with Crippen molar-refractivity contribution in [3.8, 4) is 0 Å². The first-order chi connectivity index (χ1) is 9.70. The quantitative estimate of drug-likeness (QED) is 0.798. The zero-order valence-electron chi connectivity index (χ0n) is 11.5. The summed E-state index contributed by atoms with van der Waals surface area (Å²) in [7, 11) is 1.29. The Morgan fingerprint density at radius 1 is 1.30 bits per heavy atom. The van der Waals surface area contributed by atoms with Gasteiger partial charge in [-0.3, -0.25) is 4.79 Å². The van der Waals surface area contributed by atoms with Crippen molar-refractivity contribution in [3.05, 3.63) is 18.1 Å². The first-order valence-electron chi connectivity index (χ1n) is 6.62. The van der Waals surface area contributed by atoms with Crippen LogP contribution in [-0.4, -0.2) is 53.5 Å². The average molecular weight is 278 g/mol. The predicted molar refractivity (Wildman–Crippen MR) is 72.3 cm³/mol. The molecule has 1 aromatic heterocycles. The molecule has 0 aromatic carbocycles. The lowest BCUT2D eigenvalue weighted by molar-refractivity contribution is -0.129. The van der Waals surface area contributed by atoms with E-state index in [4.69, 9.17) is 0 Å². The van der Waals surface area contributed by atoms with E-state index >= 15 is 0 Å². The molecule has 0 aliphatic carbocycles. The molecule has 1 N–H and O–H groups in total. The van der Waals surface area contributed by atoms with E-state index in [2.05, 4.69) is 20.0 Å². The van der Waals surface area contributed by atoms with Gasteiger partial charge in [0.2, 0.25) is 5.91 Å². The Morgan fingerprint density at radius 2 is 2.05 bits per heavy atom. The number of anilines is 1. The highest BCUT2D eigenvalue weighted by molar-refractivity contribution is 5.86. The monoisotopic (exact) mass is 278 g/mol. The summed E-state index contributed by atoms with van der Waals surface area (Å²) in [6.07, 6.45) is 5.42. The number of methoxy groups -OCH3 is 1. The molecule has 0 bridgehead atoms. The van der Waals surface area contributed by atoms with Crippen LogP contribution in [0.1, 0.15) is 29.8 Å². The van der Waals surface area contributed by atoms with Crippen molar-refractivity contribution in [1.29, 1.82) is 0 Å². The molecule has 0 saturated carbocycles. The number of likely N-dealkylation sites (tertiary alicyclic amines) is 1. The molecule has 0 unspecified atom stereocenters. The summed E-state index contributed by atoms with van der Waals surface area (Å²) in [6.45, 7) is 2.24. The molecule has 7 nitrogen and oxygen atoms in total. The summed E-state index contributed by atoms with van der Waals surface area (Å²) in [5.41, 5.74) is 0.159. The molecule has 20 heavy (non-hydrogen) atoms. The lowest BCUT2D eigenvalue weighted by atomic mass is 10.3. The highest BCUT2D eigenvalue weighted by Crippen LogP contribution is 2.09. The van der Waals surface area contributed by atoms with Gasteiger partial charge in [0.15, 0.2) is 5.69 Å². The summed E-state index contributed by atoms with van der Waals surface area (Å²) in [4.78, 5) is 32.8. The number of hydrogen-bond donors (Lipinski definition) is 1. The van der Waals surface area contributed by atoms with Gasteiger partial charge in [-0.15, -0.1) is 0 Å². The standard InChI is InChI=1S/C13H18N4O3/c1-20-13(19)10-8-16-11(9-15-10)14-5-4-12(18)17-6-2-3-7-17/h8-9H,2-7H2,1H3,(H,14,16). The summed E-state index contributed by atoms with van der Waals surface area (Å²) in [5, 5.41) is 3.01. The molecule has 1 aliphatic heterocycles.